The van der Waals surface area contributed by atoms with Gasteiger partial charge in [-0.25, -0.2) is 4.79 Å². The lowest BCUT2D eigenvalue weighted by molar-refractivity contribution is -0.158. The number of aromatic nitrogens is 1. The molecule has 1 atom stereocenters. The van der Waals surface area contributed by atoms with Crippen LogP contribution in [-0.2, 0) is 9.53 Å². The van der Waals surface area contributed by atoms with Crippen molar-refractivity contribution in [3.63, 3.8) is 0 Å². The Balaban J connectivity index is 2.86. The molecule has 0 aliphatic rings. The highest BCUT2D eigenvalue weighted by atomic mass is 16.6. The van der Waals surface area contributed by atoms with Gasteiger partial charge >= 0.3 is 5.97 Å². The largest absolute Gasteiger partial charge is 0.458 e. The average molecular weight is 294 g/mol. The molecule has 0 saturated heterocycles. The number of hydrogen-bond acceptors (Lipinski definition) is 4. The van der Waals surface area contributed by atoms with Crippen LogP contribution in [0.15, 0.2) is 23.0 Å². The molecule has 1 aromatic rings. The zero-order valence-corrected chi connectivity index (χ0v) is 13.0. The summed E-state index contributed by atoms with van der Waals surface area (Å²) in [5, 5.41) is 2.60. The molecule has 1 amide bonds. The van der Waals surface area contributed by atoms with Crippen LogP contribution in [0, 0.1) is 5.92 Å². The molecule has 1 rings (SSSR count). The number of aromatic amines is 1. The third-order valence-electron chi connectivity index (χ3n) is 2.63. The van der Waals surface area contributed by atoms with Gasteiger partial charge in [0.05, 0.1) is 0 Å². The van der Waals surface area contributed by atoms with E-state index < -0.39 is 23.5 Å². The Morgan fingerprint density at radius 2 is 1.86 bits per heavy atom. The van der Waals surface area contributed by atoms with Crippen LogP contribution in [0.25, 0.3) is 0 Å². The Morgan fingerprint density at radius 3 is 2.33 bits per heavy atom. The highest BCUT2D eigenvalue weighted by Gasteiger charge is 2.29. The second-order valence-corrected chi connectivity index (χ2v) is 6.16. The SMILES string of the molecule is CC(C)[C@@H](NC(=O)c1cccc(=O)[nH]1)C(=O)OC(C)(C)C. The third-order valence-corrected chi connectivity index (χ3v) is 2.63. The maximum atomic E-state index is 12.1. The first-order valence-corrected chi connectivity index (χ1v) is 6.83. The lowest BCUT2D eigenvalue weighted by atomic mass is 10.0. The van der Waals surface area contributed by atoms with E-state index >= 15 is 0 Å². The second kappa shape index (κ2) is 6.56. The predicted molar refractivity (Wildman–Crippen MR) is 79.0 cm³/mol. The summed E-state index contributed by atoms with van der Waals surface area (Å²) >= 11 is 0. The number of carbonyl (C=O) groups is 2. The fraction of sp³-hybridized carbons (Fsp3) is 0.533. The van der Waals surface area contributed by atoms with Crippen LogP contribution in [-0.4, -0.2) is 28.5 Å². The zero-order chi connectivity index (χ0) is 16.2. The molecule has 0 aliphatic carbocycles. The summed E-state index contributed by atoms with van der Waals surface area (Å²) in [6.07, 6.45) is 0. The Morgan fingerprint density at radius 1 is 1.24 bits per heavy atom. The summed E-state index contributed by atoms with van der Waals surface area (Å²) in [5.41, 5.74) is -0.895. The van der Waals surface area contributed by atoms with Gasteiger partial charge in [0.25, 0.3) is 5.91 Å². The summed E-state index contributed by atoms with van der Waals surface area (Å²) in [5.74, 6) is -1.15. The van der Waals surface area contributed by atoms with E-state index in [4.69, 9.17) is 4.74 Å². The van der Waals surface area contributed by atoms with Gasteiger partial charge in [0.2, 0.25) is 5.56 Å². The van der Waals surface area contributed by atoms with Crippen LogP contribution >= 0.6 is 0 Å². The van der Waals surface area contributed by atoms with Crippen molar-refractivity contribution in [3.05, 3.63) is 34.2 Å². The van der Waals surface area contributed by atoms with Crippen molar-refractivity contribution in [1.82, 2.24) is 10.3 Å². The molecular formula is C15H22N2O4. The summed E-state index contributed by atoms with van der Waals surface area (Å²) in [6.45, 7) is 8.90. The van der Waals surface area contributed by atoms with Gasteiger partial charge in [-0.3, -0.25) is 9.59 Å². The van der Waals surface area contributed by atoms with E-state index in [1.165, 1.54) is 18.2 Å². The molecular weight excluding hydrogens is 272 g/mol. The van der Waals surface area contributed by atoms with Crippen molar-refractivity contribution in [1.29, 1.82) is 0 Å². The number of nitrogens with one attached hydrogen (secondary N) is 2. The van der Waals surface area contributed by atoms with E-state index in [1.54, 1.807) is 20.8 Å². The van der Waals surface area contributed by atoms with E-state index in [1.807, 2.05) is 13.8 Å². The topological polar surface area (TPSA) is 88.3 Å². The van der Waals surface area contributed by atoms with Crippen molar-refractivity contribution in [2.75, 3.05) is 0 Å². The number of ether oxygens (including phenoxy) is 1. The molecule has 0 radical (unpaired) electrons. The van der Waals surface area contributed by atoms with E-state index in [0.29, 0.717) is 0 Å². The van der Waals surface area contributed by atoms with Gasteiger partial charge in [0.1, 0.15) is 17.3 Å². The Labute approximate surface area is 123 Å². The summed E-state index contributed by atoms with van der Waals surface area (Å²) in [6, 6.07) is 3.49. The Bertz CT molecular complexity index is 570. The van der Waals surface area contributed by atoms with Gasteiger partial charge in [0, 0.05) is 6.07 Å². The maximum Gasteiger partial charge on any atom is 0.329 e. The van der Waals surface area contributed by atoms with Crippen molar-refractivity contribution in [2.45, 2.75) is 46.3 Å². The molecule has 0 aromatic carbocycles. The van der Waals surface area contributed by atoms with Gasteiger partial charge < -0.3 is 15.0 Å². The quantitative estimate of drug-likeness (QED) is 0.823. The van der Waals surface area contributed by atoms with Crippen LogP contribution in [0.4, 0.5) is 0 Å². The fourth-order valence-corrected chi connectivity index (χ4v) is 1.66. The number of amides is 1. The van der Waals surface area contributed by atoms with Crippen LogP contribution in [0.5, 0.6) is 0 Å². The summed E-state index contributed by atoms with van der Waals surface area (Å²) < 4.78 is 5.30. The van der Waals surface area contributed by atoms with Gasteiger partial charge in [-0.1, -0.05) is 19.9 Å². The second-order valence-electron chi connectivity index (χ2n) is 6.16. The number of pyridine rings is 1. The molecule has 0 aliphatic heterocycles. The third kappa shape index (κ3) is 5.41. The minimum absolute atomic E-state index is 0.108. The first-order chi connectivity index (χ1) is 9.60. The molecule has 6 heteroatoms. The molecule has 6 nitrogen and oxygen atoms in total. The molecule has 21 heavy (non-hydrogen) atoms. The van der Waals surface area contributed by atoms with Crippen LogP contribution in [0.3, 0.4) is 0 Å². The molecule has 1 aromatic heterocycles. The minimum atomic E-state index is -0.777. The number of esters is 1. The van der Waals surface area contributed by atoms with E-state index in [-0.39, 0.29) is 17.2 Å². The highest BCUT2D eigenvalue weighted by Crippen LogP contribution is 2.12. The highest BCUT2D eigenvalue weighted by molar-refractivity contribution is 5.95. The number of hydrogen-bond donors (Lipinski definition) is 2. The van der Waals surface area contributed by atoms with Crippen molar-refractivity contribution in [3.8, 4) is 0 Å². The molecule has 1 heterocycles. The van der Waals surface area contributed by atoms with Crippen molar-refractivity contribution in [2.24, 2.45) is 5.92 Å². The molecule has 0 bridgehead atoms. The lowest BCUT2D eigenvalue weighted by Gasteiger charge is -2.26. The van der Waals surface area contributed by atoms with E-state index in [0.717, 1.165) is 0 Å². The molecule has 2 N–H and O–H groups in total. The number of H-pyrrole nitrogens is 1. The molecule has 0 unspecified atom stereocenters. The van der Waals surface area contributed by atoms with E-state index in [9.17, 15) is 14.4 Å². The van der Waals surface area contributed by atoms with Crippen molar-refractivity contribution < 1.29 is 14.3 Å². The standard InChI is InChI=1S/C15H22N2O4/c1-9(2)12(14(20)21-15(3,4)5)17-13(19)10-7-6-8-11(18)16-10/h6-9,12H,1-5H3,(H,16,18)(H,17,19)/t12-/m1/s1. The normalized spacial score (nSPS) is 12.9. The smallest absolute Gasteiger partial charge is 0.329 e. The van der Waals surface area contributed by atoms with Gasteiger partial charge in [-0.15, -0.1) is 0 Å². The van der Waals surface area contributed by atoms with Gasteiger partial charge in [-0.05, 0) is 32.8 Å². The summed E-state index contributed by atoms with van der Waals surface area (Å²) in [7, 11) is 0. The van der Waals surface area contributed by atoms with Gasteiger partial charge in [-0.2, -0.15) is 0 Å². The first kappa shape index (κ1) is 16.9. The van der Waals surface area contributed by atoms with E-state index in [2.05, 4.69) is 10.3 Å². The summed E-state index contributed by atoms with van der Waals surface area (Å²) in [4.78, 5) is 37.8. The maximum absolute atomic E-state index is 12.1. The Kier molecular flexibility index (Phi) is 5.29. The van der Waals surface area contributed by atoms with Gasteiger partial charge in [0.15, 0.2) is 0 Å². The fourth-order valence-electron chi connectivity index (χ4n) is 1.66. The Hall–Kier alpha value is -2.11. The average Bonchev–Trinajstić information content (AvgIpc) is 2.32. The molecule has 0 saturated carbocycles. The van der Waals surface area contributed by atoms with Crippen LogP contribution in [0.1, 0.15) is 45.1 Å². The predicted octanol–water partition coefficient (Wildman–Crippen LogP) is 1.47. The lowest BCUT2D eigenvalue weighted by Crippen LogP contribution is -2.47. The molecule has 0 fully saturated rings. The van der Waals surface area contributed by atoms with Crippen molar-refractivity contribution >= 4 is 11.9 Å². The van der Waals surface area contributed by atoms with Crippen LogP contribution < -0.4 is 10.9 Å². The monoisotopic (exact) mass is 294 g/mol. The zero-order valence-electron chi connectivity index (χ0n) is 13.0. The molecule has 0 spiro atoms. The number of rotatable bonds is 4. The molecule has 116 valence electrons. The first-order valence-electron chi connectivity index (χ1n) is 6.83. The minimum Gasteiger partial charge on any atom is -0.458 e. The van der Waals surface area contributed by atoms with Crippen LogP contribution in [0.2, 0.25) is 0 Å². The number of carbonyl (C=O) groups excluding carboxylic acids is 2.